The van der Waals surface area contributed by atoms with E-state index >= 15 is 0 Å². The molecule has 0 bridgehead atoms. The number of carbonyl (C=O) groups is 2. The van der Waals surface area contributed by atoms with Crippen molar-refractivity contribution >= 4 is 11.8 Å². The number of hydrogen-bond acceptors (Lipinski definition) is 5. The largest absolute Gasteiger partial charge is 0.379 e. The molecule has 1 fully saturated rings. The van der Waals surface area contributed by atoms with Gasteiger partial charge in [-0.05, 0) is 41.8 Å². The van der Waals surface area contributed by atoms with Crippen LogP contribution in [-0.4, -0.2) is 72.5 Å². The Kier molecular flexibility index (Phi) is 8.93. The molecule has 0 spiro atoms. The molecule has 31 heavy (non-hydrogen) atoms. The van der Waals surface area contributed by atoms with Crippen LogP contribution in [0.1, 0.15) is 17.5 Å². The van der Waals surface area contributed by atoms with Gasteiger partial charge in [0.15, 0.2) is 0 Å². The number of halogens is 1. The fraction of sp³-hybridized carbons (Fsp3) is 0.435. The van der Waals surface area contributed by atoms with Gasteiger partial charge in [-0.1, -0.05) is 12.1 Å². The number of hydrogen-bond donors (Lipinski definition) is 1. The molecule has 0 atom stereocenters. The van der Waals surface area contributed by atoms with E-state index in [1.54, 1.807) is 29.4 Å². The van der Waals surface area contributed by atoms with Gasteiger partial charge in [-0.15, -0.1) is 0 Å². The lowest BCUT2D eigenvalue weighted by molar-refractivity contribution is -0.133. The van der Waals surface area contributed by atoms with Crippen molar-refractivity contribution in [2.75, 3.05) is 45.9 Å². The highest BCUT2D eigenvalue weighted by atomic mass is 19.1. The smallest absolute Gasteiger partial charge is 0.242 e. The first-order chi connectivity index (χ1) is 15.1. The SMILES string of the molecule is O=C(Cc1cccc(F)c1)NCC(=O)N(CCCN1CCOCC1)Cc1ccncc1. The molecule has 2 amide bonds. The molecular weight excluding hydrogens is 399 g/mol. The predicted octanol–water partition coefficient (Wildman–Crippen LogP) is 1.63. The van der Waals surface area contributed by atoms with Crippen molar-refractivity contribution < 1.29 is 18.7 Å². The molecule has 166 valence electrons. The molecule has 1 aliphatic heterocycles. The van der Waals surface area contributed by atoms with E-state index in [9.17, 15) is 14.0 Å². The molecule has 0 saturated carbocycles. The number of ether oxygens (including phenoxy) is 1. The van der Waals surface area contributed by atoms with Crippen LogP contribution in [0.5, 0.6) is 0 Å². The zero-order valence-electron chi connectivity index (χ0n) is 17.6. The minimum absolute atomic E-state index is 0.0342. The van der Waals surface area contributed by atoms with Gasteiger partial charge in [-0.2, -0.15) is 0 Å². The number of morpholine rings is 1. The maximum Gasteiger partial charge on any atom is 0.242 e. The van der Waals surface area contributed by atoms with Crippen LogP contribution in [-0.2, 0) is 27.3 Å². The second-order valence-electron chi connectivity index (χ2n) is 7.56. The second kappa shape index (κ2) is 12.1. The molecule has 3 rings (SSSR count). The van der Waals surface area contributed by atoms with Crippen molar-refractivity contribution in [3.05, 3.63) is 65.7 Å². The van der Waals surface area contributed by atoms with Crippen molar-refractivity contribution in [2.24, 2.45) is 0 Å². The van der Waals surface area contributed by atoms with Gasteiger partial charge in [-0.3, -0.25) is 19.5 Å². The molecule has 1 aliphatic rings. The molecule has 8 heteroatoms. The summed E-state index contributed by atoms with van der Waals surface area (Å²) in [6.07, 6.45) is 4.28. The number of nitrogens with one attached hydrogen (secondary N) is 1. The van der Waals surface area contributed by atoms with Crippen molar-refractivity contribution in [1.29, 1.82) is 0 Å². The van der Waals surface area contributed by atoms with Gasteiger partial charge in [0.05, 0.1) is 26.2 Å². The molecule has 1 aromatic heterocycles. The summed E-state index contributed by atoms with van der Waals surface area (Å²) in [6.45, 7) is 5.19. The van der Waals surface area contributed by atoms with Crippen molar-refractivity contribution in [1.82, 2.24) is 20.1 Å². The molecule has 0 radical (unpaired) electrons. The Morgan fingerprint density at radius 3 is 2.65 bits per heavy atom. The molecular formula is C23H29FN4O3. The van der Waals surface area contributed by atoms with Crippen LogP contribution in [0.4, 0.5) is 4.39 Å². The lowest BCUT2D eigenvalue weighted by Gasteiger charge is -2.28. The second-order valence-corrected chi connectivity index (χ2v) is 7.56. The van der Waals surface area contributed by atoms with E-state index in [0.717, 1.165) is 44.8 Å². The van der Waals surface area contributed by atoms with Gasteiger partial charge in [0, 0.05) is 45.1 Å². The molecule has 2 heterocycles. The van der Waals surface area contributed by atoms with Gasteiger partial charge in [0.25, 0.3) is 0 Å². The predicted molar refractivity (Wildman–Crippen MR) is 115 cm³/mol. The summed E-state index contributed by atoms with van der Waals surface area (Å²) in [5.74, 6) is -0.840. The molecule has 0 aliphatic carbocycles. The van der Waals surface area contributed by atoms with Crippen molar-refractivity contribution in [2.45, 2.75) is 19.4 Å². The average Bonchev–Trinajstić information content (AvgIpc) is 2.78. The molecule has 2 aromatic rings. The normalized spacial score (nSPS) is 14.2. The number of benzene rings is 1. The summed E-state index contributed by atoms with van der Waals surface area (Å²) in [7, 11) is 0. The lowest BCUT2D eigenvalue weighted by atomic mass is 10.1. The number of aromatic nitrogens is 1. The van der Waals surface area contributed by atoms with Gasteiger partial charge < -0.3 is 15.0 Å². The third kappa shape index (κ3) is 8.07. The molecule has 7 nitrogen and oxygen atoms in total. The quantitative estimate of drug-likeness (QED) is 0.623. The van der Waals surface area contributed by atoms with Crippen molar-refractivity contribution in [3.63, 3.8) is 0 Å². The summed E-state index contributed by atoms with van der Waals surface area (Å²) in [5, 5.41) is 2.66. The van der Waals surface area contributed by atoms with Gasteiger partial charge >= 0.3 is 0 Å². The van der Waals surface area contributed by atoms with Crippen LogP contribution in [0.25, 0.3) is 0 Å². The molecule has 1 saturated heterocycles. The average molecular weight is 429 g/mol. The Hall–Kier alpha value is -2.84. The van der Waals surface area contributed by atoms with Crippen molar-refractivity contribution in [3.8, 4) is 0 Å². The topological polar surface area (TPSA) is 74.8 Å². The van der Waals surface area contributed by atoms with E-state index in [1.807, 2.05) is 12.1 Å². The molecule has 1 aromatic carbocycles. The maximum atomic E-state index is 13.3. The van der Waals surface area contributed by atoms with Crippen LogP contribution in [0, 0.1) is 5.82 Å². The number of nitrogens with zero attached hydrogens (tertiary/aromatic N) is 3. The highest BCUT2D eigenvalue weighted by molar-refractivity contribution is 5.85. The summed E-state index contributed by atoms with van der Waals surface area (Å²) >= 11 is 0. The molecule has 0 unspecified atom stereocenters. The number of pyridine rings is 1. The van der Waals surface area contributed by atoms with E-state index in [0.29, 0.717) is 18.7 Å². The van der Waals surface area contributed by atoms with Gasteiger partial charge in [0.2, 0.25) is 11.8 Å². The highest BCUT2D eigenvalue weighted by Crippen LogP contribution is 2.07. The number of rotatable bonds is 10. The summed E-state index contributed by atoms with van der Waals surface area (Å²) in [6, 6.07) is 9.66. The molecule has 1 N–H and O–H groups in total. The Morgan fingerprint density at radius 2 is 1.90 bits per heavy atom. The summed E-state index contributed by atoms with van der Waals surface area (Å²) in [5.41, 5.74) is 1.56. The third-order valence-electron chi connectivity index (χ3n) is 5.17. The van der Waals surface area contributed by atoms with E-state index < -0.39 is 0 Å². The first-order valence-electron chi connectivity index (χ1n) is 10.6. The van der Waals surface area contributed by atoms with E-state index in [2.05, 4.69) is 15.2 Å². The van der Waals surface area contributed by atoms with Crippen LogP contribution in [0.2, 0.25) is 0 Å². The van der Waals surface area contributed by atoms with Crippen LogP contribution < -0.4 is 5.32 Å². The fourth-order valence-corrected chi connectivity index (χ4v) is 3.49. The Balaban J connectivity index is 1.51. The van der Waals surface area contributed by atoms with Gasteiger partial charge in [0.1, 0.15) is 5.82 Å². The Labute approximate surface area is 182 Å². The van der Waals surface area contributed by atoms with Crippen LogP contribution in [0.3, 0.4) is 0 Å². The number of carbonyl (C=O) groups excluding carboxylic acids is 2. The van der Waals surface area contributed by atoms with E-state index in [1.165, 1.54) is 12.1 Å². The van der Waals surface area contributed by atoms with E-state index in [-0.39, 0.29) is 30.6 Å². The zero-order chi connectivity index (χ0) is 21.9. The summed E-state index contributed by atoms with van der Waals surface area (Å²) in [4.78, 5) is 33.2. The first kappa shape index (κ1) is 22.8. The lowest BCUT2D eigenvalue weighted by Crippen LogP contribution is -2.42. The first-order valence-corrected chi connectivity index (χ1v) is 10.6. The van der Waals surface area contributed by atoms with Crippen LogP contribution >= 0.6 is 0 Å². The minimum Gasteiger partial charge on any atom is -0.379 e. The van der Waals surface area contributed by atoms with E-state index in [4.69, 9.17) is 4.74 Å². The van der Waals surface area contributed by atoms with Gasteiger partial charge in [-0.25, -0.2) is 4.39 Å². The summed E-state index contributed by atoms with van der Waals surface area (Å²) < 4.78 is 18.7. The zero-order valence-corrected chi connectivity index (χ0v) is 17.6. The number of amides is 2. The third-order valence-corrected chi connectivity index (χ3v) is 5.17. The monoisotopic (exact) mass is 428 g/mol. The Morgan fingerprint density at radius 1 is 1.13 bits per heavy atom. The highest BCUT2D eigenvalue weighted by Gasteiger charge is 2.17. The van der Waals surface area contributed by atoms with Crippen LogP contribution in [0.15, 0.2) is 48.8 Å². The fourth-order valence-electron chi connectivity index (χ4n) is 3.49. The Bertz CT molecular complexity index is 844. The minimum atomic E-state index is -0.384. The maximum absolute atomic E-state index is 13.3. The standard InChI is InChI=1S/C23H29FN4O3/c24-21-4-1-3-20(15-21)16-22(29)26-17-23(30)28(18-19-5-7-25-8-6-19)10-2-9-27-11-13-31-14-12-27/h1,3-8,15H,2,9-14,16-18H2,(H,26,29).